The fourth-order valence-electron chi connectivity index (χ4n) is 2.91. The lowest BCUT2D eigenvalue weighted by Crippen LogP contribution is -2.37. The van der Waals surface area contributed by atoms with Gasteiger partial charge in [0.2, 0.25) is 0 Å². The van der Waals surface area contributed by atoms with Crippen molar-refractivity contribution in [2.24, 2.45) is 11.8 Å². The molecule has 3 atom stereocenters. The first-order chi connectivity index (χ1) is 8.56. The highest BCUT2D eigenvalue weighted by molar-refractivity contribution is 5.72. The van der Waals surface area contributed by atoms with Gasteiger partial charge in [-0.25, -0.2) is 8.78 Å². The van der Waals surface area contributed by atoms with Crippen LogP contribution in [-0.4, -0.2) is 24.4 Å². The molecule has 0 N–H and O–H groups in total. The molecule has 2 rings (SSSR count). The van der Waals surface area contributed by atoms with E-state index in [2.05, 4.69) is 6.92 Å². The molecule has 0 amide bonds. The van der Waals surface area contributed by atoms with Crippen LogP contribution in [-0.2, 0) is 9.53 Å². The van der Waals surface area contributed by atoms with E-state index in [-0.39, 0.29) is 18.3 Å². The van der Waals surface area contributed by atoms with Crippen LogP contribution in [0.1, 0.15) is 51.9 Å². The molecule has 0 aromatic rings. The van der Waals surface area contributed by atoms with Crippen LogP contribution >= 0.6 is 0 Å². The molecule has 2 aliphatic carbocycles. The first-order valence-electron chi connectivity index (χ1n) is 7.05. The van der Waals surface area contributed by atoms with Crippen molar-refractivity contribution in [2.45, 2.75) is 70.3 Å². The van der Waals surface area contributed by atoms with Crippen LogP contribution in [0.25, 0.3) is 0 Å². The average molecular weight is 260 g/mol. The second-order valence-corrected chi connectivity index (χ2v) is 5.86. The van der Waals surface area contributed by atoms with Crippen molar-refractivity contribution in [3.8, 4) is 0 Å². The Labute approximate surface area is 107 Å². The molecule has 0 bridgehead atoms. The number of alkyl halides is 2. The minimum Gasteiger partial charge on any atom is -0.459 e. The minimum absolute atomic E-state index is 0.0727. The van der Waals surface area contributed by atoms with Gasteiger partial charge in [0, 0.05) is 6.42 Å². The Morgan fingerprint density at radius 2 is 1.72 bits per heavy atom. The highest BCUT2D eigenvalue weighted by Crippen LogP contribution is 2.31. The summed E-state index contributed by atoms with van der Waals surface area (Å²) < 4.78 is 31.8. The molecule has 18 heavy (non-hydrogen) atoms. The van der Waals surface area contributed by atoms with Gasteiger partial charge in [-0.2, -0.15) is 0 Å². The number of carbonyl (C=O) groups is 1. The fraction of sp³-hybridized carbons (Fsp3) is 0.929. The fourth-order valence-corrected chi connectivity index (χ4v) is 2.91. The summed E-state index contributed by atoms with van der Waals surface area (Å²) >= 11 is 0. The molecule has 0 aromatic carbocycles. The first-order valence-corrected chi connectivity index (χ1v) is 7.05. The summed E-state index contributed by atoms with van der Waals surface area (Å²) in [6.07, 6.45) is 1.13. The highest BCUT2D eigenvalue weighted by atomic mass is 19.1. The zero-order valence-corrected chi connectivity index (χ0v) is 10.9. The number of hydrogen-bond acceptors (Lipinski definition) is 2. The van der Waals surface area contributed by atoms with Crippen LogP contribution in [0.2, 0.25) is 0 Å². The molecule has 2 saturated carbocycles. The molecule has 104 valence electrons. The number of esters is 1. The maximum Gasteiger partial charge on any atom is 0.309 e. The molecule has 0 spiro atoms. The molecule has 0 aromatic heterocycles. The van der Waals surface area contributed by atoms with Crippen LogP contribution < -0.4 is 0 Å². The van der Waals surface area contributed by atoms with Gasteiger partial charge in [0.25, 0.3) is 0 Å². The van der Waals surface area contributed by atoms with Crippen molar-refractivity contribution in [3.05, 3.63) is 0 Å². The third-order valence-corrected chi connectivity index (χ3v) is 4.27. The molecule has 2 aliphatic rings. The average Bonchev–Trinajstić information content (AvgIpc) is 2.33. The number of rotatable bonds is 2. The zero-order valence-electron chi connectivity index (χ0n) is 10.9. The monoisotopic (exact) mass is 260 g/mol. The summed E-state index contributed by atoms with van der Waals surface area (Å²) in [4.78, 5) is 11.9. The van der Waals surface area contributed by atoms with Crippen LogP contribution in [0.3, 0.4) is 0 Å². The van der Waals surface area contributed by atoms with Crippen molar-refractivity contribution in [2.75, 3.05) is 0 Å². The van der Waals surface area contributed by atoms with Crippen molar-refractivity contribution < 1.29 is 18.3 Å². The Morgan fingerprint density at radius 3 is 2.33 bits per heavy atom. The molecule has 4 heteroatoms. The lowest BCUT2D eigenvalue weighted by Gasteiger charge is -2.30. The maximum atomic E-state index is 13.6. The first kappa shape index (κ1) is 13.8. The lowest BCUT2D eigenvalue weighted by atomic mass is 9.83. The SMILES string of the molecule is CC1CCC(C(=O)OC2CCC(F)CC2F)CC1. The van der Waals surface area contributed by atoms with Crippen molar-refractivity contribution in [1.29, 1.82) is 0 Å². The van der Waals surface area contributed by atoms with Crippen molar-refractivity contribution in [1.82, 2.24) is 0 Å². The van der Waals surface area contributed by atoms with Gasteiger partial charge in [0.15, 0.2) is 0 Å². The standard InChI is InChI=1S/C14H22F2O2/c1-9-2-4-10(5-3-9)14(17)18-13-7-6-11(15)8-12(13)16/h9-13H,2-8H2,1H3. The second-order valence-electron chi connectivity index (χ2n) is 5.86. The number of carbonyl (C=O) groups excluding carboxylic acids is 1. The smallest absolute Gasteiger partial charge is 0.309 e. The summed E-state index contributed by atoms with van der Waals surface area (Å²) in [5.41, 5.74) is 0. The van der Waals surface area contributed by atoms with E-state index in [1.165, 1.54) is 0 Å². The van der Waals surface area contributed by atoms with E-state index in [0.29, 0.717) is 18.8 Å². The van der Waals surface area contributed by atoms with Crippen LogP contribution in [0.15, 0.2) is 0 Å². The molecular weight excluding hydrogens is 238 g/mol. The lowest BCUT2D eigenvalue weighted by molar-refractivity contribution is -0.161. The van der Waals surface area contributed by atoms with Gasteiger partial charge in [-0.15, -0.1) is 0 Å². The largest absolute Gasteiger partial charge is 0.459 e. The summed E-state index contributed by atoms with van der Waals surface area (Å²) in [6.45, 7) is 2.18. The van der Waals surface area contributed by atoms with Gasteiger partial charge in [-0.05, 0) is 44.4 Å². The van der Waals surface area contributed by atoms with Gasteiger partial charge in [-0.1, -0.05) is 6.92 Å². The highest BCUT2D eigenvalue weighted by Gasteiger charge is 2.35. The van der Waals surface area contributed by atoms with Crippen molar-refractivity contribution in [3.63, 3.8) is 0 Å². The molecule has 3 unspecified atom stereocenters. The predicted octanol–water partition coefficient (Wildman–Crippen LogP) is 3.58. The Hall–Kier alpha value is -0.670. The Morgan fingerprint density at radius 1 is 1.06 bits per heavy atom. The van der Waals surface area contributed by atoms with Crippen LogP contribution in [0, 0.1) is 11.8 Å². The normalized spacial score (nSPS) is 41.4. The number of ether oxygens (including phenoxy) is 1. The van der Waals surface area contributed by atoms with Gasteiger partial charge < -0.3 is 4.74 Å². The van der Waals surface area contributed by atoms with E-state index < -0.39 is 18.4 Å². The Balaban J connectivity index is 1.80. The Bertz CT molecular complexity index is 288. The molecule has 0 aliphatic heterocycles. The third kappa shape index (κ3) is 3.42. The van der Waals surface area contributed by atoms with Gasteiger partial charge in [0.1, 0.15) is 18.4 Å². The summed E-state index contributed by atoms with van der Waals surface area (Å²) in [5.74, 6) is 0.327. The zero-order chi connectivity index (χ0) is 13.1. The third-order valence-electron chi connectivity index (χ3n) is 4.27. The van der Waals surface area contributed by atoms with E-state index in [1.807, 2.05) is 0 Å². The predicted molar refractivity (Wildman–Crippen MR) is 64.6 cm³/mol. The Kier molecular flexibility index (Phi) is 4.57. The van der Waals surface area contributed by atoms with E-state index in [4.69, 9.17) is 4.74 Å². The van der Waals surface area contributed by atoms with E-state index >= 15 is 0 Å². The van der Waals surface area contributed by atoms with Crippen LogP contribution in [0.5, 0.6) is 0 Å². The molecule has 0 saturated heterocycles. The minimum atomic E-state index is -1.33. The van der Waals surface area contributed by atoms with E-state index in [1.54, 1.807) is 0 Å². The topological polar surface area (TPSA) is 26.3 Å². The molecule has 2 fully saturated rings. The van der Waals surface area contributed by atoms with Crippen LogP contribution in [0.4, 0.5) is 8.78 Å². The summed E-state index contributed by atoms with van der Waals surface area (Å²) in [7, 11) is 0. The number of hydrogen-bond donors (Lipinski definition) is 0. The van der Waals surface area contributed by atoms with Crippen molar-refractivity contribution >= 4 is 5.97 Å². The molecular formula is C14H22F2O2. The summed E-state index contributed by atoms with van der Waals surface area (Å²) in [5, 5.41) is 0. The van der Waals surface area contributed by atoms with Gasteiger partial charge in [-0.3, -0.25) is 4.79 Å². The summed E-state index contributed by atoms with van der Waals surface area (Å²) in [6, 6.07) is 0. The molecule has 0 heterocycles. The van der Waals surface area contributed by atoms with E-state index in [9.17, 15) is 13.6 Å². The van der Waals surface area contributed by atoms with Gasteiger partial charge in [0.05, 0.1) is 5.92 Å². The molecule has 0 radical (unpaired) electrons. The van der Waals surface area contributed by atoms with Gasteiger partial charge >= 0.3 is 5.97 Å². The second kappa shape index (κ2) is 5.98. The maximum absolute atomic E-state index is 13.6. The number of halogens is 2. The van der Waals surface area contributed by atoms with E-state index in [0.717, 1.165) is 25.7 Å². The molecule has 2 nitrogen and oxygen atoms in total. The quantitative estimate of drug-likeness (QED) is 0.709.